The van der Waals surface area contributed by atoms with E-state index >= 15 is 0 Å². The van der Waals surface area contributed by atoms with Crippen LogP contribution in [0.4, 0.5) is 0 Å². The molecule has 0 saturated heterocycles. The third-order valence-corrected chi connectivity index (χ3v) is 2.71. The van der Waals surface area contributed by atoms with Crippen LogP contribution in [0.15, 0.2) is 18.2 Å². The summed E-state index contributed by atoms with van der Waals surface area (Å²) in [6.07, 6.45) is 0.747. The summed E-state index contributed by atoms with van der Waals surface area (Å²) in [6.45, 7) is 2.42. The Labute approximate surface area is 98.3 Å². The van der Waals surface area contributed by atoms with Gasteiger partial charge in [0.1, 0.15) is 5.82 Å². The molecule has 0 amide bonds. The lowest BCUT2D eigenvalue weighted by Gasteiger charge is -2.05. The fraction of sp³-hybridized carbons (Fsp3) is 0.333. The molecule has 0 bridgehead atoms. The highest BCUT2D eigenvalue weighted by Crippen LogP contribution is 2.18. The lowest BCUT2D eigenvalue weighted by molar-refractivity contribution is 0.0697. The van der Waals surface area contributed by atoms with E-state index < -0.39 is 5.97 Å². The van der Waals surface area contributed by atoms with Crippen molar-refractivity contribution in [1.29, 1.82) is 0 Å². The molecule has 0 aliphatic heterocycles. The van der Waals surface area contributed by atoms with Crippen molar-refractivity contribution in [3.63, 3.8) is 0 Å². The number of aromatic nitrogens is 2. The molecule has 5 heteroatoms. The van der Waals surface area contributed by atoms with Crippen molar-refractivity contribution in [2.75, 3.05) is 6.61 Å². The van der Waals surface area contributed by atoms with E-state index in [0.29, 0.717) is 6.54 Å². The Hall–Kier alpha value is -1.88. The van der Waals surface area contributed by atoms with Crippen LogP contribution in [0.2, 0.25) is 0 Å². The van der Waals surface area contributed by atoms with Crippen LogP contribution in [0.3, 0.4) is 0 Å². The molecule has 0 aliphatic carbocycles. The number of fused-ring (bicyclic) bond motifs is 1. The first-order valence-corrected chi connectivity index (χ1v) is 5.50. The van der Waals surface area contributed by atoms with E-state index in [0.717, 1.165) is 23.3 Å². The van der Waals surface area contributed by atoms with Gasteiger partial charge in [-0.05, 0) is 18.2 Å². The molecule has 5 nitrogen and oxygen atoms in total. The highest BCUT2D eigenvalue weighted by Gasteiger charge is 2.11. The zero-order valence-electron chi connectivity index (χ0n) is 9.55. The minimum Gasteiger partial charge on any atom is -0.478 e. The minimum atomic E-state index is -0.957. The van der Waals surface area contributed by atoms with Gasteiger partial charge in [-0.1, -0.05) is 6.92 Å². The number of nitrogens with zero attached hydrogens (tertiary/aromatic N) is 2. The first kappa shape index (κ1) is 11.6. The van der Waals surface area contributed by atoms with Gasteiger partial charge in [-0.2, -0.15) is 0 Å². The first-order chi connectivity index (χ1) is 8.17. The van der Waals surface area contributed by atoms with E-state index in [-0.39, 0.29) is 12.2 Å². The summed E-state index contributed by atoms with van der Waals surface area (Å²) in [6, 6.07) is 4.84. The average molecular weight is 234 g/mol. The summed E-state index contributed by atoms with van der Waals surface area (Å²) in [7, 11) is 0. The van der Waals surface area contributed by atoms with Crippen LogP contribution in [0.1, 0.15) is 23.1 Å². The van der Waals surface area contributed by atoms with Gasteiger partial charge in [0.15, 0.2) is 0 Å². The maximum Gasteiger partial charge on any atom is 0.335 e. The molecule has 0 spiro atoms. The molecule has 2 aromatic rings. The number of carboxylic acids is 1. The molecule has 90 valence electrons. The van der Waals surface area contributed by atoms with E-state index in [1.54, 1.807) is 18.2 Å². The van der Waals surface area contributed by atoms with Crippen LogP contribution in [0.25, 0.3) is 11.0 Å². The molecule has 0 atom stereocenters. The van der Waals surface area contributed by atoms with E-state index in [1.165, 1.54) is 0 Å². The number of rotatable bonds is 4. The molecule has 1 heterocycles. The van der Waals surface area contributed by atoms with Crippen LogP contribution in [-0.2, 0) is 13.0 Å². The number of hydrogen-bond acceptors (Lipinski definition) is 3. The first-order valence-electron chi connectivity index (χ1n) is 5.50. The van der Waals surface area contributed by atoms with Gasteiger partial charge in [0.2, 0.25) is 0 Å². The highest BCUT2D eigenvalue weighted by atomic mass is 16.4. The Balaban J connectivity index is 2.64. The maximum atomic E-state index is 10.9. The van der Waals surface area contributed by atoms with Gasteiger partial charge >= 0.3 is 5.97 Å². The number of aliphatic hydroxyl groups is 1. The second-order valence-electron chi connectivity index (χ2n) is 3.77. The maximum absolute atomic E-state index is 10.9. The number of imidazole rings is 1. The largest absolute Gasteiger partial charge is 0.478 e. The number of carboxylic acid groups (broad SMARTS) is 1. The van der Waals surface area contributed by atoms with E-state index in [2.05, 4.69) is 4.98 Å². The molecule has 17 heavy (non-hydrogen) atoms. The predicted octanol–water partition coefficient (Wildman–Crippen LogP) is 1.29. The molecule has 0 fully saturated rings. The summed E-state index contributed by atoms with van der Waals surface area (Å²) in [5.41, 5.74) is 1.76. The van der Waals surface area contributed by atoms with Crippen LogP contribution >= 0.6 is 0 Å². The summed E-state index contributed by atoms with van der Waals surface area (Å²) in [4.78, 5) is 15.3. The van der Waals surface area contributed by atoms with Crippen LogP contribution in [0, 0.1) is 0 Å². The van der Waals surface area contributed by atoms with Gasteiger partial charge in [0, 0.05) is 13.0 Å². The number of aliphatic hydroxyl groups excluding tert-OH is 1. The number of hydrogen-bond donors (Lipinski definition) is 2. The lowest BCUT2D eigenvalue weighted by atomic mass is 10.2. The number of benzene rings is 1. The number of aryl methyl sites for hydroxylation is 1. The quantitative estimate of drug-likeness (QED) is 0.835. The summed E-state index contributed by atoms with van der Waals surface area (Å²) in [5.74, 6) is -0.0988. The molecule has 0 unspecified atom stereocenters. The third kappa shape index (κ3) is 2.01. The van der Waals surface area contributed by atoms with E-state index in [9.17, 15) is 4.79 Å². The highest BCUT2D eigenvalue weighted by molar-refractivity contribution is 5.92. The van der Waals surface area contributed by atoms with Gasteiger partial charge in [0.25, 0.3) is 0 Å². The van der Waals surface area contributed by atoms with Gasteiger partial charge in [-0.15, -0.1) is 0 Å². The summed E-state index contributed by atoms with van der Waals surface area (Å²) >= 11 is 0. The SMILES string of the molecule is CCc1nc2ccc(C(=O)O)cc2n1CCO. The fourth-order valence-corrected chi connectivity index (χ4v) is 1.93. The second-order valence-corrected chi connectivity index (χ2v) is 3.77. The number of carbonyl (C=O) groups is 1. The summed E-state index contributed by atoms with van der Waals surface area (Å²) < 4.78 is 1.86. The molecule has 1 aromatic carbocycles. The predicted molar refractivity (Wildman–Crippen MR) is 63.2 cm³/mol. The van der Waals surface area contributed by atoms with Crippen LogP contribution in [-0.4, -0.2) is 32.3 Å². The topological polar surface area (TPSA) is 75.3 Å². The Bertz CT molecular complexity index is 560. The molecule has 0 aliphatic rings. The van der Waals surface area contributed by atoms with Crippen molar-refractivity contribution in [3.05, 3.63) is 29.6 Å². The monoisotopic (exact) mass is 234 g/mol. The molecular weight excluding hydrogens is 220 g/mol. The van der Waals surface area contributed by atoms with Gasteiger partial charge in [-0.3, -0.25) is 0 Å². The molecule has 0 saturated carbocycles. The van der Waals surface area contributed by atoms with Crippen LogP contribution < -0.4 is 0 Å². The standard InChI is InChI=1S/C12H14N2O3/c1-2-11-13-9-4-3-8(12(16)17)7-10(9)14(11)5-6-15/h3-4,7,15H,2,5-6H2,1H3,(H,16,17). The zero-order valence-corrected chi connectivity index (χ0v) is 9.55. The fourth-order valence-electron chi connectivity index (χ4n) is 1.93. The van der Waals surface area contributed by atoms with Gasteiger partial charge < -0.3 is 14.8 Å². The average Bonchev–Trinajstić information content (AvgIpc) is 2.67. The van der Waals surface area contributed by atoms with Crippen molar-refractivity contribution in [2.24, 2.45) is 0 Å². The van der Waals surface area contributed by atoms with Crippen molar-refractivity contribution >= 4 is 17.0 Å². The van der Waals surface area contributed by atoms with E-state index in [1.807, 2.05) is 11.5 Å². The summed E-state index contributed by atoms with van der Waals surface area (Å²) in [5, 5.41) is 18.0. The van der Waals surface area contributed by atoms with Crippen LogP contribution in [0.5, 0.6) is 0 Å². The Morgan fingerprint density at radius 1 is 1.47 bits per heavy atom. The lowest BCUT2D eigenvalue weighted by Crippen LogP contribution is -2.06. The molecule has 0 radical (unpaired) electrons. The van der Waals surface area contributed by atoms with Crippen molar-refractivity contribution in [1.82, 2.24) is 9.55 Å². The molecule has 1 aromatic heterocycles. The Kier molecular flexibility index (Phi) is 3.10. The van der Waals surface area contributed by atoms with E-state index in [4.69, 9.17) is 10.2 Å². The second kappa shape index (κ2) is 4.55. The van der Waals surface area contributed by atoms with Crippen molar-refractivity contribution in [3.8, 4) is 0 Å². The smallest absolute Gasteiger partial charge is 0.335 e. The molecular formula is C12H14N2O3. The van der Waals surface area contributed by atoms with Crippen molar-refractivity contribution in [2.45, 2.75) is 19.9 Å². The van der Waals surface area contributed by atoms with Crippen molar-refractivity contribution < 1.29 is 15.0 Å². The number of aromatic carboxylic acids is 1. The normalized spacial score (nSPS) is 10.9. The zero-order chi connectivity index (χ0) is 12.4. The molecule has 2 N–H and O–H groups in total. The minimum absolute atomic E-state index is 0.00968. The van der Waals surface area contributed by atoms with Gasteiger partial charge in [0.05, 0.1) is 23.2 Å². The van der Waals surface area contributed by atoms with Gasteiger partial charge in [-0.25, -0.2) is 9.78 Å². The molecule has 2 rings (SSSR count). The third-order valence-electron chi connectivity index (χ3n) is 2.71. The Morgan fingerprint density at radius 2 is 2.24 bits per heavy atom. The Morgan fingerprint density at radius 3 is 2.82 bits per heavy atom.